The molecule has 0 saturated carbocycles. The molecule has 100 valence electrons. The molecule has 0 unspecified atom stereocenters. The molecule has 0 spiro atoms. The fourth-order valence-electron chi connectivity index (χ4n) is 1.49. The smallest absolute Gasteiger partial charge is 0.332 e. The number of hydrogen-bond donors (Lipinski definition) is 0. The molecule has 0 fully saturated rings. The van der Waals surface area contributed by atoms with Gasteiger partial charge in [0.2, 0.25) is 0 Å². The van der Waals surface area contributed by atoms with Crippen molar-refractivity contribution in [3.8, 4) is 0 Å². The molecule has 0 radical (unpaired) electrons. The van der Waals surface area contributed by atoms with Crippen LogP contribution in [0.5, 0.6) is 0 Å². The van der Waals surface area contributed by atoms with Crippen LogP contribution in [-0.4, -0.2) is 34.5 Å². The molecule has 0 aliphatic heterocycles. The SMILES string of the molecule is CC(C)Cn1c(=O)cc(/N=C/N(C)C)n(C)c1=O. The molecule has 0 bridgehead atoms. The Kier molecular flexibility index (Phi) is 4.47. The highest BCUT2D eigenvalue weighted by molar-refractivity contribution is 5.58. The number of aliphatic imine (C=N–C) groups is 1. The van der Waals surface area contributed by atoms with Crippen molar-refractivity contribution in [2.24, 2.45) is 18.0 Å². The van der Waals surface area contributed by atoms with E-state index in [9.17, 15) is 9.59 Å². The second-order valence-electron chi connectivity index (χ2n) is 4.89. The maximum absolute atomic E-state index is 12.0. The normalized spacial score (nSPS) is 11.4. The number of hydrogen-bond acceptors (Lipinski definition) is 3. The monoisotopic (exact) mass is 252 g/mol. The topological polar surface area (TPSA) is 59.6 Å². The first-order valence-electron chi connectivity index (χ1n) is 5.84. The van der Waals surface area contributed by atoms with Crippen LogP contribution in [0.1, 0.15) is 13.8 Å². The van der Waals surface area contributed by atoms with Crippen LogP contribution in [-0.2, 0) is 13.6 Å². The lowest BCUT2D eigenvalue weighted by molar-refractivity contribution is 0.480. The van der Waals surface area contributed by atoms with Gasteiger partial charge in [-0.2, -0.15) is 0 Å². The summed E-state index contributed by atoms with van der Waals surface area (Å²) in [6, 6.07) is 1.38. The summed E-state index contributed by atoms with van der Waals surface area (Å²) in [7, 11) is 5.25. The summed E-state index contributed by atoms with van der Waals surface area (Å²) < 4.78 is 2.61. The Bertz CT molecular complexity index is 552. The van der Waals surface area contributed by atoms with Crippen LogP contribution in [0.4, 0.5) is 5.82 Å². The van der Waals surface area contributed by atoms with Gasteiger partial charge in [-0.25, -0.2) is 9.79 Å². The van der Waals surface area contributed by atoms with Crippen LogP contribution in [0.3, 0.4) is 0 Å². The van der Waals surface area contributed by atoms with Crippen LogP contribution >= 0.6 is 0 Å². The van der Waals surface area contributed by atoms with E-state index < -0.39 is 0 Å². The fourth-order valence-corrected chi connectivity index (χ4v) is 1.49. The van der Waals surface area contributed by atoms with Crippen molar-refractivity contribution < 1.29 is 0 Å². The Morgan fingerprint density at radius 2 is 2.00 bits per heavy atom. The molecule has 0 amide bonds. The maximum Gasteiger partial charge on any atom is 0.332 e. The van der Waals surface area contributed by atoms with Gasteiger partial charge in [-0.05, 0) is 5.92 Å². The Balaban J connectivity index is 3.29. The van der Waals surface area contributed by atoms with E-state index in [0.717, 1.165) is 0 Å². The highest BCUT2D eigenvalue weighted by Gasteiger charge is 2.08. The van der Waals surface area contributed by atoms with Gasteiger partial charge < -0.3 is 4.90 Å². The summed E-state index contributed by atoms with van der Waals surface area (Å²) in [5, 5.41) is 0. The summed E-state index contributed by atoms with van der Waals surface area (Å²) in [6.07, 6.45) is 1.56. The van der Waals surface area contributed by atoms with Crippen LogP contribution in [0.15, 0.2) is 20.6 Å². The predicted octanol–water partition coefficient (Wildman–Crippen LogP) is 0.424. The van der Waals surface area contributed by atoms with Gasteiger partial charge in [0.05, 0.1) is 6.34 Å². The van der Waals surface area contributed by atoms with Crippen molar-refractivity contribution >= 4 is 12.2 Å². The van der Waals surface area contributed by atoms with Crippen molar-refractivity contribution in [2.75, 3.05) is 14.1 Å². The van der Waals surface area contributed by atoms with E-state index in [1.54, 1.807) is 18.3 Å². The standard InChI is InChI=1S/C12H20N4O2/c1-9(2)7-16-11(17)6-10(13-8-14(3)4)15(5)12(16)18/h6,8-9H,7H2,1-5H3/b13-8+. The number of nitrogens with zero attached hydrogens (tertiary/aromatic N) is 4. The molecule has 1 aromatic heterocycles. The lowest BCUT2D eigenvalue weighted by atomic mass is 10.2. The first-order chi connectivity index (χ1) is 8.32. The Hall–Kier alpha value is -1.85. The van der Waals surface area contributed by atoms with Crippen molar-refractivity contribution in [3.05, 3.63) is 26.9 Å². The zero-order valence-electron chi connectivity index (χ0n) is 11.5. The summed E-state index contributed by atoms with van der Waals surface area (Å²) in [4.78, 5) is 29.7. The number of rotatable bonds is 4. The Morgan fingerprint density at radius 1 is 1.39 bits per heavy atom. The van der Waals surface area contributed by atoms with Crippen LogP contribution < -0.4 is 11.2 Å². The summed E-state index contributed by atoms with van der Waals surface area (Å²) in [6.45, 7) is 4.34. The third-order valence-electron chi connectivity index (χ3n) is 2.35. The van der Waals surface area contributed by atoms with Gasteiger partial charge >= 0.3 is 5.69 Å². The largest absolute Gasteiger partial charge is 0.369 e. The van der Waals surface area contributed by atoms with E-state index in [1.807, 2.05) is 27.9 Å². The predicted molar refractivity (Wildman–Crippen MR) is 72.6 cm³/mol. The second-order valence-corrected chi connectivity index (χ2v) is 4.89. The average molecular weight is 252 g/mol. The van der Waals surface area contributed by atoms with Crippen molar-refractivity contribution in [1.29, 1.82) is 0 Å². The van der Waals surface area contributed by atoms with E-state index in [2.05, 4.69) is 4.99 Å². The number of aromatic nitrogens is 2. The molecule has 0 aliphatic rings. The van der Waals surface area contributed by atoms with Gasteiger partial charge in [-0.3, -0.25) is 13.9 Å². The molecule has 0 atom stereocenters. The quantitative estimate of drug-likeness (QED) is 0.576. The molecule has 1 rings (SSSR count). The summed E-state index contributed by atoms with van der Waals surface area (Å²) in [5.41, 5.74) is -0.639. The molecule has 18 heavy (non-hydrogen) atoms. The molecule has 0 N–H and O–H groups in total. The van der Waals surface area contributed by atoms with Gasteiger partial charge in [0.1, 0.15) is 5.82 Å². The molecule has 0 saturated heterocycles. The fraction of sp³-hybridized carbons (Fsp3) is 0.583. The first kappa shape index (κ1) is 14.2. The molecule has 6 heteroatoms. The second kappa shape index (κ2) is 5.66. The zero-order chi connectivity index (χ0) is 13.9. The molecule has 1 heterocycles. The third-order valence-corrected chi connectivity index (χ3v) is 2.35. The van der Waals surface area contributed by atoms with E-state index in [-0.39, 0.29) is 17.2 Å². The average Bonchev–Trinajstić information content (AvgIpc) is 2.27. The highest BCUT2D eigenvalue weighted by atomic mass is 16.2. The lowest BCUT2D eigenvalue weighted by Gasteiger charge is -2.11. The van der Waals surface area contributed by atoms with Crippen molar-refractivity contribution in [1.82, 2.24) is 14.0 Å². The van der Waals surface area contributed by atoms with Crippen molar-refractivity contribution in [2.45, 2.75) is 20.4 Å². The highest BCUT2D eigenvalue weighted by Crippen LogP contribution is 2.03. The molecule has 0 aliphatic carbocycles. The molecular weight excluding hydrogens is 232 g/mol. The lowest BCUT2D eigenvalue weighted by Crippen LogP contribution is -2.39. The van der Waals surface area contributed by atoms with E-state index >= 15 is 0 Å². The minimum absolute atomic E-state index is 0.242. The first-order valence-corrected chi connectivity index (χ1v) is 5.84. The minimum Gasteiger partial charge on any atom is -0.369 e. The molecule has 6 nitrogen and oxygen atoms in total. The van der Waals surface area contributed by atoms with Gasteiger partial charge in [0.15, 0.2) is 0 Å². The van der Waals surface area contributed by atoms with E-state index in [1.165, 1.54) is 15.2 Å². The van der Waals surface area contributed by atoms with Crippen LogP contribution in [0, 0.1) is 5.92 Å². The van der Waals surface area contributed by atoms with Gasteiger partial charge in [0.25, 0.3) is 5.56 Å². The van der Waals surface area contributed by atoms with Gasteiger partial charge in [-0.1, -0.05) is 13.8 Å². The minimum atomic E-state index is -0.331. The van der Waals surface area contributed by atoms with Gasteiger partial charge in [0, 0.05) is 33.8 Å². The van der Waals surface area contributed by atoms with E-state index in [0.29, 0.717) is 12.4 Å². The maximum atomic E-state index is 12.0. The summed E-state index contributed by atoms with van der Waals surface area (Å²) >= 11 is 0. The Morgan fingerprint density at radius 3 is 2.50 bits per heavy atom. The van der Waals surface area contributed by atoms with Gasteiger partial charge in [-0.15, -0.1) is 0 Å². The third kappa shape index (κ3) is 3.32. The Labute approximate surface area is 106 Å². The van der Waals surface area contributed by atoms with Crippen LogP contribution in [0.25, 0.3) is 0 Å². The summed E-state index contributed by atoms with van der Waals surface area (Å²) in [5.74, 6) is 0.602. The molecular formula is C12H20N4O2. The van der Waals surface area contributed by atoms with E-state index in [4.69, 9.17) is 0 Å². The zero-order valence-corrected chi connectivity index (χ0v) is 11.5. The van der Waals surface area contributed by atoms with Crippen molar-refractivity contribution in [3.63, 3.8) is 0 Å². The molecule has 0 aromatic carbocycles. The molecule has 1 aromatic rings. The van der Waals surface area contributed by atoms with Crippen LogP contribution in [0.2, 0.25) is 0 Å².